The predicted molar refractivity (Wildman–Crippen MR) is 57.6 cm³/mol. The molecule has 0 saturated carbocycles. The van der Waals surface area contributed by atoms with E-state index in [0.717, 1.165) is 5.56 Å². The molecule has 0 spiro atoms. The first-order chi connectivity index (χ1) is 7.13. The van der Waals surface area contributed by atoms with Gasteiger partial charge in [0.25, 0.3) is 0 Å². The first-order valence-corrected chi connectivity index (χ1v) is 5.12. The summed E-state index contributed by atoms with van der Waals surface area (Å²) in [4.78, 5) is 0. The lowest BCUT2D eigenvalue weighted by molar-refractivity contribution is 0.110. The average molecular weight is 233 g/mol. The smallest absolute Gasteiger partial charge is 0.142 e. The van der Waals surface area contributed by atoms with Crippen molar-refractivity contribution in [1.82, 2.24) is 0 Å². The standard InChI is InChI=1S/C11H14ClFO2/c1-15-5-4-9(14)6-8-2-3-10(12)11(13)7-8/h2-3,7,9,14H,4-6H2,1H3. The number of benzene rings is 1. The van der Waals surface area contributed by atoms with Crippen molar-refractivity contribution in [2.45, 2.75) is 18.9 Å². The molecule has 1 unspecified atom stereocenters. The molecule has 1 atom stereocenters. The summed E-state index contributed by atoms with van der Waals surface area (Å²) in [5.41, 5.74) is 0.737. The fraction of sp³-hybridized carbons (Fsp3) is 0.455. The van der Waals surface area contributed by atoms with E-state index in [4.69, 9.17) is 16.3 Å². The van der Waals surface area contributed by atoms with E-state index in [0.29, 0.717) is 19.4 Å². The van der Waals surface area contributed by atoms with Crippen LogP contribution in [0, 0.1) is 5.82 Å². The second-order valence-corrected chi connectivity index (χ2v) is 3.80. The molecule has 0 bridgehead atoms. The zero-order valence-electron chi connectivity index (χ0n) is 8.54. The Morgan fingerprint density at radius 3 is 2.87 bits per heavy atom. The van der Waals surface area contributed by atoms with Gasteiger partial charge in [-0.2, -0.15) is 0 Å². The molecule has 0 aromatic heterocycles. The SMILES string of the molecule is COCCC(O)Cc1ccc(Cl)c(F)c1. The van der Waals surface area contributed by atoms with Crippen molar-refractivity contribution in [3.8, 4) is 0 Å². The highest BCUT2D eigenvalue weighted by molar-refractivity contribution is 6.30. The van der Waals surface area contributed by atoms with Gasteiger partial charge in [-0.1, -0.05) is 17.7 Å². The van der Waals surface area contributed by atoms with Crippen LogP contribution in [0.25, 0.3) is 0 Å². The molecule has 1 aromatic rings. The quantitative estimate of drug-likeness (QED) is 0.845. The molecule has 1 rings (SSSR count). The van der Waals surface area contributed by atoms with Gasteiger partial charge >= 0.3 is 0 Å². The van der Waals surface area contributed by atoms with Gasteiger partial charge in [-0.25, -0.2) is 4.39 Å². The molecule has 0 amide bonds. The van der Waals surface area contributed by atoms with Crippen LogP contribution in [0.15, 0.2) is 18.2 Å². The van der Waals surface area contributed by atoms with Crippen LogP contribution in [-0.4, -0.2) is 24.9 Å². The van der Waals surface area contributed by atoms with Gasteiger partial charge < -0.3 is 9.84 Å². The molecular formula is C11H14ClFO2. The number of ether oxygens (including phenoxy) is 1. The summed E-state index contributed by atoms with van der Waals surface area (Å²) in [5.74, 6) is -0.451. The van der Waals surface area contributed by atoms with E-state index >= 15 is 0 Å². The average Bonchev–Trinajstić information content (AvgIpc) is 2.20. The minimum Gasteiger partial charge on any atom is -0.393 e. The number of methoxy groups -OCH3 is 1. The Morgan fingerprint density at radius 1 is 1.53 bits per heavy atom. The summed E-state index contributed by atoms with van der Waals surface area (Å²) in [5, 5.41) is 9.66. The third kappa shape index (κ3) is 4.16. The molecule has 1 N–H and O–H groups in total. The number of aliphatic hydroxyl groups excluding tert-OH is 1. The van der Waals surface area contributed by atoms with Gasteiger partial charge in [0.1, 0.15) is 5.82 Å². The van der Waals surface area contributed by atoms with E-state index in [2.05, 4.69) is 0 Å². The highest BCUT2D eigenvalue weighted by Crippen LogP contribution is 2.17. The lowest BCUT2D eigenvalue weighted by Crippen LogP contribution is -2.13. The molecule has 0 aliphatic heterocycles. The number of halogens is 2. The van der Waals surface area contributed by atoms with E-state index in [1.165, 1.54) is 12.1 Å². The number of hydrogen-bond donors (Lipinski definition) is 1. The van der Waals surface area contributed by atoms with Gasteiger partial charge in [0, 0.05) is 13.7 Å². The minimum atomic E-state index is -0.509. The van der Waals surface area contributed by atoms with E-state index in [1.54, 1.807) is 13.2 Å². The third-order valence-corrected chi connectivity index (χ3v) is 2.42. The maximum absolute atomic E-state index is 13.0. The second kappa shape index (κ2) is 6.05. The topological polar surface area (TPSA) is 29.5 Å². The molecule has 2 nitrogen and oxygen atoms in total. The second-order valence-electron chi connectivity index (χ2n) is 3.39. The summed E-state index contributed by atoms with van der Waals surface area (Å²) in [7, 11) is 1.58. The van der Waals surface area contributed by atoms with Crippen LogP contribution in [0.1, 0.15) is 12.0 Å². The van der Waals surface area contributed by atoms with Crippen LogP contribution < -0.4 is 0 Å². The highest BCUT2D eigenvalue weighted by atomic mass is 35.5. The van der Waals surface area contributed by atoms with E-state index in [9.17, 15) is 9.50 Å². The molecule has 1 aromatic carbocycles. The zero-order chi connectivity index (χ0) is 11.3. The van der Waals surface area contributed by atoms with E-state index in [-0.39, 0.29) is 5.02 Å². The Kier molecular flexibility index (Phi) is 5.02. The Labute approximate surface area is 93.6 Å². The van der Waals surface area contributed by atoms with Crippen molar-refractivity contribution in [3.05, 3.63) is 34.6 Å². The highest BCUT2D eigenvalue weighted by Gasteiger charge is 2.07. The Hall–Kier alpha value is -0.640. The summed E-state index contributed by atoms with van der Waals surface area (Å²) < 4.78 is 17.9. The van der Waals surface area contributed by atoms with Gasteiger partial charge in [-0.15, -0.1) is 0 Å². The Morgan fingerprint density at radius 2 is 2.27 bits per heavy atom. The lowest BCUT2D eigenvalue weighted by Gasteiger charge is -2.10. The molecule has 0 radical (unpaired) electrons. The molecule has 15 heavy (non-hydrogen) atoms. The normalized spacial score (nSPS) is 12.8. The van der Waals surface area contributed by atoms with Gasteiger partial charge in [-0.05, 0) is 30.5 Å². The van der Waals surface area contributed by atoms with E-state index in [1.807, 2.05) is 0 Å². The number of rotatable bonds is 5. The largest absolute Gasteiger partial charge is 0.393 e. The molecule has 4 heteroatoms. The lowest BCUT2D eigenvalue weighted by atomic mass is 10.1. The first-order valence-electron chi connectivity index (χ1n) is 4.74. The summed E-state index contributed by atoms with van der Waals surface area (Å²) in [6.45, 7) is 0.497. The number of aliphatic hydroxyl groups is 1. The third-order valence-electron chi connectivity index (χ3n) is 2.11. The van der Waals surface area contributed by atoms with Crippen LogP contribution in [0.5, 0.6) is 0 Å². The van der Waals surface area contributed by atoms with Crippen molar-refractivity contribution >= 4 is 11.6 Å². The van der Waals surface area contributed by atoms with Crippen molar-refractivity contribution in [1.29, 1.82) is 0 Å². The van der Waals surface area contributed by atoms with Gasteiger partial charge in [0.2, 0.25) is 0 Å². The molecule has 0 saturated heterocycles. The first kappa shape index (κ1) is 12.4. The zero-order valence-corrected chi connectivity index (χ0v) is 9.30. The fourth-order valence-electron chi connectivity index (χ4n) is 1.29. The van der Waals surface area contributed by atoms with Crippen LogP contribution in [-0.2, 0) is 11.2 Å². The fourth-order valence-corrected chi connectivity index (χ4v) is 1.41. The molecule has 0 aliphatic rings. The monoisotopic (exact) mass is 232 g/mol. The molecule has 0 heterocycles. The maximum Gasteiger partial charge on any atom is 0.142 e. The molecule has 84 valence electrons. The van der Waals surface area contributed by atoms with Crippen molar-refractivity contribution in [2.24, 2.45) is 0 Å². The molecule has 0 aliphatic carbocycles. The predicted octanol–water partition coefficient (Wildman–Crippen LogP) is 2.42. The Bertz CT molecular complexity index is 317. The molecular weight excluding hydrogens is 219 g/mol. The maximum atomic E-state index is 13.0. The summed E-state index contributed by atoms with van der Waals surface area (Å²) >= 11 is 5.54. The van der Waals surface area contributed by atoms with E-state index < -0.39 is 11.9 Å². The van der Waals surface area contributed by atoms with Crippen molar-refractivity contribution < 1.29 is 14.2 Å². The van der Waals surface area contributed by atoms with Gasteiger partial charge in [-0.3, -0.25) is 0 Å². The summed E-state index contributed by atoms with van der Waals surface area (Å²) in [6, 6.07) is 4.55. The van der Waals surface area contributed by atoms with Gasteiger partial charge in [0.15, 0.2) is 0 Å². The van der Waals surface area contributed by atoms with Crippen molar-refractivity contribution in [2.75, 3.05) is 13.7 Å². The van der Waals surface area contributed by atoms with Crippen LogP contribution in [0.2, 0.25) is 5.02 Å². The van der Waals surface area contributed by atoms with Crippen LogP contribution in [0.4, 0.5) is 4.39 Å². The Balaban J connectivity index is 2.53. The van der Waals surface area contributed by atoms with Crippen molar-refractivity contribution in [3.63, 3.8) is 0 Å². The summed E-state index contributed by atoms with van der Waals surface area (Å²) in [6.07, 6.45) is 0.448. The van der Waals surface area contributed by atoms with Gasteiger partial charge in [0.05, 0.1) is 11.1 Å². The number of hydrogen-bond acceptors (Lipinski definition) is 2. The van der Waals surface area contributed by atoms with Crippen LogP contribution >= 0.6 is 11.6 Å². The van der Waals surface area contributed by atoms with Crippen LogP contribution in [0.3, 0.4) is 0 Å². The minimum absolute atomic E-state index is 0.102. The molecule has 0 fully saturated rings.